The van der Waals surface area contributed by atoms with Crippen molar-refractivity contribution in [2.45, 2.75) is 71.1 Å². The molecule has 2 aromatic carbocycles. The number of ether oxygens (including phenoxy) is 2. The van der Waals surface area contributed by atoms with Crippen molar-refractivity contribution >= 4 is 34.8 Å². The number of rotatable bonds is 6. The molecule has 8 heteroatoms. The van der Waals surface area contributed by atoms with Crippen LogP contribution in [0.3, 0.4) is 0 Å². The molecule has 194 valence electrons. The fourth-order valence-corrected chi connectivity index (χ4v) is 4.91. The Hall–Kier alpha value is -3.57. The molecule has 4 rings (SSSR count). The highest BCUT2D eigenvalue weighted by Gasteiger charge is 2.47. The van der Waals surface area contributed by atoms with Gasteiger partial charge in [-0.3, -0.25) is 4.90 Å². The van der Waals surface area contributed by atoms with Crippen LogP contribution in [0.4, 0.5) is 16.2 Å². The van der Waals surface area contributed by atoms with Gasteiger partial charge in [0.1, 0.15) is 18.0 Å². The molecule has 0 radical (unpaired) electrons. The van der Waals surface area contributed by atoms with Crippen LogP contribution in [-0.2, 0) is 4.74 Å². The molecule has 7 nitrogen and oxygen atoms in total. The van der Waals surface area contributed by atoms with Crippen molar-refractivity contribution in [2.75, 3.05) is 16.4 Å². The SMILES string of the molecule is C=C1N(c2ccc(C#N)c(C)c2)C(=S)N(c2ccc(OCC3(NC(=O)OC(C)(C)C)CC3)cc2)C1(C)C. The maximum atomic E-state index is 12.2. The number of nitrogens with one attached hydrogen (secondary N) is 1. The lowest BCUT2D eigenvalue weighted by molar-refractivity contribution is 0.0477. The van der Waals surface area contributed by atoms with Crippen LogP contribution in [0.25, 0.3) is 0 Å². The lowest BCUT2D eigenvalue weighted by atomic mass is 10.00. The number of carbonyl (C=O) groups is 1. The van der Waals surface area contributed by atoms with E-state index in [1.165, 1.54) is 0 Å². The van der Waals surface area contributed by atoms with Gasteiger partial charge in [-0.25, -0.2) is 4.79 Å². The molecule has 1 aliphatic carbocycles. The monoisotopic (exact) mass is 518 g/mol. The van der Waals surface area contributed by atoms with Crippen LogP contribution in [0, 0.1) is 18.3 Å². The summed E-state index contributed by atoms with van der Waals surface area (Å²) in [6.07, 6.45) is 1.29. The van der Waals surface area contributed by atoms with Gasteiger partial charge in [-0.05, 0) is 115 Å². The zero-order valence-corrected chi connectivity index (χ0v) is 23.2. The molecule has 1 heterocycles. The smallest absolute Gasteiger partial charge is 0.408 e. The van der Waals surface area contributed by atoms with Gasteiger partial charge < -0.3 is 19.7 Å². The van der Waals surface area contributed by atoms with E-state index >= 15 is 0 Å². The molecule has 0 unspecified atom stereocenters. The topological polar surface area (TPSA) is 77.8 Å². The summed E-state index contributed by atoms with van der Waals surface area (Å²) in [7, 11) is 0. The summed E-state index contributed by atoms with van der Waals surface area (Å²) >= 11 is 5.92. The summed E-state index contributed by atoms with van der Waals surface area (Å²) in [5.41, 5.74) is 2.81. The Morgan fingerprint density at radius 3 is 2.32 bits per heavy atom. The van der Waals surface area contributed by atoms with E-state index in [-0.39, 0.29) is 5.54 Å². The minimum Gasteiger partial charge on any atom is -0.491 e. The number of thiocarbonyl (C=S) groups is 1. The molecule has 0 spiro atoms. The van der Waals surface area contributed by atoms with Crippen LogP contribution in [0.1, 0.15) is 58.6 Å². The summed E-state index contributed by atoms with van der Waals surface area (Å²) in [5.74, 6) is 0.710. The number of amides is 1. The first-order valence-electron chi connectivity index (χ1n) is 12.3. The van der Waals surface area contributed by atoms with Gasteiger partial charge in [-0.1, -0.05) is 6.58 Å². The van der Waals surface area contributed by atoms with E-state index < -0.39 is 17.2 Å². The predicted octanol–water partition coefficient (Wildman–Crippen LogP) is 6.21. The molecule has 2 aliphatic rings. The van der Waals surface area contributed by atoms with Crippen molar-refractivity contribution < 1.29 is 14.3 Å². The first kappa shape index (κ1) is 26.5. The fraction of sp³-hybridized carbons (Fsp3) is 0.414. The van der Waals surface area contributed by atoms with E-state index in [9.17, 15) is 10.1 Å². The molecular weight excluding hydrogens is 484 g/mol. The largest absolute Gasteiger partial charge is 0.491 e. The molecule has 37 heavy (non-hydrogen) atoms. The van der Waals surface area contributed by atoms with Crippen LogP contribution in [0.2, 0.25) is 0 Å². The summed E-state index contributed by atoms with van der Waals surface area (Å²) in [6, 6.07) is 15.7. The average Bonchev–Trinajstić information content (AvgIpc) is 3.53. The van der Waals surface area contributed by atoms with Gasteiger partial charge >= 0.3 is 6.09 Å². The number of hydrogen-bond donors (Lipinski definition) is 1. The highest BCUT2D eigenvalue weighted by Crippen LogP contribution is 2.42. The summed E-state index contributed by atoms with van der Waals surface area (Å²) in [5, 5.41) is 12.9. The number of alkyl carbamates (subject to hydrolysis) is 1. The molecule has 1 saturated carbocycles. The number of hydrogen-bond acceptors (Lipinski definition) is 5. The molecule has 0 atom stereocenters. The van der Waals surface area contributed by atoms with Gasteiger partial charge in [0, 0.05) is 17.1 Å². The standard InChI is InChI=1S/C29H34N4O3S/c1-19-16-23(9-8-21(19)17-30)32-20(2)28(6,7)33(26(32)37)22-10-12-24(13-11-22)35-18-29(14-15-29)31-25(34)36-27(3,4)5/h8-13,16H,2,14-15,18H2,1,3-7H3,(H,31,34). The summed E-state index contributed by atoms with van der Waals surface area (Å²) in [6.45, 7) is 16.4. The Morgan fingerprint density at radius 1 is 1.16 bits per heavy atom. The highest BCUT2D eigenvalue weighted by molar-refractivity contribution is 7.80. The van der Waals surface area contributed by atoms with Crippen LogP contribution in [0.15, 0.2) is 54.7 Å². The minimum absolute atomic E-state index is 0.377. The van der Waals surface area contributed by atoms with Crippen LogP contribution in [-0.4, -0.2) is 34.5 Å². The van der Waals surface area contributed by atoms with Crippen molar-refractivity contribution in [1.82, 2.24) is 5.32 Å². The van der Waals surface area contributed by atoms with Crippen LogP contribution in [0.5, 0.6) is 5.75 Å². The first-order chi connectivity index (χ1) is 17.3. The predicted molar refractivity (Wildman–Crippen MR) is 150 cm³/mol. The number of nitriles is 1. The number of nitrogens with zero attached hydrogens (tertiary/aromatic N) is 3. The van der Waals surface area contributed by atoms with Crippen molar-refractivity contribution in [1.29, 1.82) is 5.26 Å². The zero-order chi connectivity index (χ0) is 27.2. The molecular formula is C29H34N4O3S. The van der Waals surface area contributed by atoms with Crippen molar-refractivity contribution in [2.24, 2.45) is 0 Å². The number of anilines is 2. The third kappa shape index (κ3) is 5.42. The third-order valence-electron chi connectivity index (χ3n) is 6.74. The molecule has 1 aliphatic heterocycles. The maximum Gasteiger partial charge on any atom is 0.408 e. The van der Waals surface area contributed by atoms with Crippen molar-refractivity contribution in [3.8, 4) is 11.8 Å². The van der Waals surface area contributed by atoms with Crippen LogP contribution >= 0.6 is 12.2 Å². The van der Waals surface area contributed by atoms with Gasteiger partial charge in [0.15, 0.2) is 5.11 Å². The number of carbonyl (C=O) groups excluding carboxylic acids is 1. The molecule has 2 fully saturated rings. The van der Waals surface area contributed by atoms with E-state index in [2.05, 4.69) is 36.7 Å². The highest BCUT2D eigenvalue weighted by atomic mass is 32.1. The average molecular weight is 519 g/mol. The quantitative estimate of drug-likeness (QED) is 0.456. The summed E-state index contributed by atoms with van der Waals surface area (Å²) < 4.78 is 11.4. The van der Waals surface area contributed by atoms with Gasteiger partial charge in [0.05, 0.1) is 22.7 Å². The molecule has 2 aromatic rings. The van der Waals surface area contributed by atoms with Gasteiger partial charge in [-0.15, -0.1) is 0 Å². The fourth-order valence-electron chi connectivity index (χ4n) is 4.36. The second-order valence-corrected chi connectivity index (χ2v) is 11.6. The molecule has 1 N–H and O–H groups in total. The Morgan fingerprint density at radius 2 is 1.78 bits per heavy atom. The van der Waals surface area contributed by atoms with Gasteiger partial charge in [-0.2, -0.15) is 5.26 Å². The third-order valence-corrected chi connectivity index (χ3v) is 7.10. The van der Waals surface area contributed by atoms with E-state index in [4.69, 9.17) is 21.7 Å². The molecule has 0 bridgehead atoms. The minimum atomic E-state index is -0.541. The summed E-state index contributed by atoms with van der Waals surface area (Å²) in [4.78, 5) is 16.2. The zero-order valence-electron chi connectivity index (χ0n) is 22.3. The van der Waals surface area contributed by atoms with Gasteiger partial charge in [0.25, 0.3) is 0 Å². The van der Waals surface area contributed by atoms with Gasteiger partial charge in [0.2, 0.25) is 0 Å². The molecule has 1 saturated heterocycles. The molecule has 1 amide bonds. The second kappa shape index (κ2) is 9.38. The van der Waals surface area contributed by atoms with E-state index in [1.807, 2.05) is 75.1 Å². The maximum absolute atomic E-state index is 12.2. The van der Waals surface area contributed by atoms with E-state index in [1.54, 1.807) is 0 Å². The lowest BCUT2D eigenvalue weighted by Crippen LogP contribution is -2.44. The first-order valence-corrected chi connectivity index (χ1v) is 12.8. The Bertz CT molecular complexity index is 1280. The normalized spacial score (nSPS) is 17.9. The number of aryl methyl sites for hydroxylation is 1. The second-order valence-electron chi connectivity index (χ2n) is 11.3. The molecule has 0 aromatic heterocycles. The van der Waals surface area contributed by atoms with Crippen molar-refractivity contribution in [3.63, 3.8) is 0 Å². The Kier molecular flexibility index (Phi) is 6.72. The van der Waals surface area contributed by atoms with E-state index in [0.717, 1.165) is 35.5 Å². The Labute approximate surface area is 224 Å². The van der Waals surface area contributed by atoms with Crippen LogP contribution < -0.4 is 19.9 Å². The number of benzene rings is 2. The van der Waals surface area contributed by atoms with E-state index in [0.29, 0.717) is 23.0 Å². The van der Waals surface area contributed by atoms with Crippen molar-refractivity contribution in [3.05, 3.63) is 65.9 Å². The lowest BCUT2D eigenvalue weighted by Gasteiger charge is -2.31. The Balaban J connectivity index is 1.46.